The number of methoxy groups -OCH3 is 1. The van der Waals surface area contributed by atoms with Gasteiger partial charge in [0.2, 0.25) is 17.7 Å². The third kappa shape index (κ3) is 4.69. The number of amides is 2. The smallest absolute Gasteiger partial charge is 0.243 e. The van der Waals surface area contributed by atoms with E-state index >= 15 is 0 Å². The minimum absolute atomic E-state index is 0.0154. The highest BCUT2D eigenvalue weighted by atomic mass is 16.5. The molecule has 1 atom stereocenters. The number of nitrogens with one attached hydrogen (secondary N) is 2. The van der Waals surface area contributed by atoms with Gasteiger partial charge in [-0.25, -0.2) is 0 Å². The summed E-state index contributed by atoms with van der Waals surface area (Å²) in [5.41, 5.74) is 1.39. The van der Waals surface area contributed by atoms with Crippen molar-refractivity contribution in [2.75, 3.05) is 30.8 Å². The average Bonchev–Trinajstić information content (AvgIpc) is 3.12. The molecule has 8 heteroatoms. The van der Waals surface area contributed by atoms with E-state index < -0.39 is 0 Å². The number of carbonyl (C=O) groups excluding carboxylic acids is 2. The summed E-state index contributed by atoms with van der Waals surface area (Å²) in [6, 6.07) is 8.72. The Kier molecular flexibility index (Phi) is 6.30. The highest BCUT2D eigenvalue weighted by Crippen LogP contribution is 2.26. The maximum Gasteiger partial charge on any atom is 0.243 e. The highest BCUT2D eigenvalue weighted by Gasteiger charge is 2.30. The second kappa shape index (κ2) is 8.88. The van der Waals surface area contributed by atoms with Crippen molar-refractivity contribution in [3.8, 4) is 5.75 Å². The average molecular weight is 386 g/mol. The number of rotatable bonds is 6. The molecular weight excluding hydrogens is 360 g/mol. The van der Waals surface area contributed by atoms with E-state index in [2.05, 4.69) is 20.7 Å². The number of likely N-dealkylation sites (tertiary alicyclic amines) is 1. The second-order valence-corrected chi connectivity index (χ2v) is 7.00. The van der Waals surface area contributed by atoms with Gasteiger partial charge in [-0.05, 0) is 51.9 Å². The summed E-state index contributed by atoms with van der Waals surface area (Å²) >= 11 is 0. The van der Waals surface area contributed by atoms with Gasteiger partial charge in [0, 0.05) is 12.0 Å². The monoisotopic (exact) mass is 386 g/mol. The fourth-order valence-corrected chi connectivity index (χ4v) is 3.35. The summed E-state index contributed by atoms with van der Waals surface area (Å²) in [5.74, 6) is 0.737. The van der Waals surface area contributed by atoms with Crippen LogP contribution in [-0.4, -0.2) is 48.1 Å². The van der Waals surface area contributed by atoms with E-state index in [9.17, 15) is 9.59 Å². The molecular formula is C20H26N4O4. The van der Waals surface area contributed by atoms with Crippen molar-refractivity contribution in [2.45, 2.75) is 32.7 Å². The van der Waals surface area contributed by atoms with Crippen LogP contribution < -0.4 is 15.4 Å². The molecule has 1 aromatic heterocycles. The fourth-order valence-electron chi connectivity index (χ4n) is 3.35. The summed E-state index contributed by atoms with van der Waals surface area (Å²) < 4.78 is 10.3. The van der Waals surface area contributed by atoms with E-state index in [0.29, 0.717) is 48.9 Å². The Bertz CT molecular complexity index is 827. The van der Waals surface area contributed by atoms with E-state index in [1.165, 1.54) is 0 Å². The summed E-state index contributed by atoms with van der Waals surface area (Å²) in [4.78, 5) is 27.1. The molecule has 150 valence electrons. The van der Waals surface area contributed by atoms with E-state index in [-0.39, 0.29) is 23.8 Å². The summed E-state index contributed by atoms with van der Waals surface area (Å²) in [6.07, 6.45) is 1.39. The van der Waals surface area contributed by atoms with Crippen LogP contribution in [0.4, 0.5) is 11.6 Å². The van der Waals surface area contributed by atoms with Crippen LogP contribution in [0.15, 0.2) is 34.9 Å². The Morgan fingerprint density at radius 3 is 2.61 bits per heavy atom. The van der Waals surface area contributed by atoms with Crippen molar-refractivity contribution >= 4 is 23.4 Å². The van der Waals surface area contributed by atoms with Gasteiger partial charge < -0.3 is 14.6 Å². The molecule has 1 saturated heterocycles. The summed E-state index contributed by atoms with van der Waals surface area (Å²) in [6.45, 7) is 5.00. The minimum Gasteiger partial charge on any atom is -0.495 e. The van der Waals surface area contributed by atoms with Crippen LogP contribution in [-0.2, 0) is 9.59 Å². The van der Waals surface area contributed by atoms with Crippen molar-refractivity contribution in [2.24, 2.45) is 5.92 Å². The number of carbonyl (C=O) groups is 2. The first kappa shape index (κ1) is 19.9. The van der Waals surface area contributed by atoms with Crippen molar-refractivity contribution in [1.82, 2.24) is 10.1 Å². The molecule has 0 saturated carbocycles. The van der Waals surface area contributed by atoms with Crippen LogP contribution in [0.3, 0.4) is 0 Å². The number of nitrogens with zero attached hydrogens (tertiary/aromatic N) is 2. The first-order valence-corrected chi connectivity index (χ1v) is 9.40. The predicted octanol–water partition coefficient (Wildman–Crippen LogP) is 2.67. The van der Waals surface area contributed by atoms with Gasteiger partial charge in [-0.3, -0.25) is 19.8 Å². The molecule has 2 N–H and O–H groups in total. The number of ether oxygens (including phenoxy) is 1. The zero-order valence-corrected chi connectivity index (χ0v) is 16.4. The molecule has 0 aliphatic carbocycles. The third-order valence-electron chi connectivity index (χ3n) is 5.07. The van der Waals surface area contributed by atoms with Crippen LogP contribution in [0.25, 0.3) is 0 Å². The molecule has 1 fully saturated rings. The molecule has 2 aromatic rings. The minimum atomic E-state index is -0.316. The quantitative estimate of drug-likeness (QED) is 0.792. The van der Waals surface area contributed by atoms with Crippen molar-refractivity contribution in [3.05, 3.63) is 36.0 Å². The van der Waals surface area contributed by atoms with Gasteiger partial charge in [0.15, 0.2) is 0 Å². The molecule has 3 rings (SSSR count). The Balaban J connectivity index is 1.50. The normalized spacial score (nSPS) is 16.4. The number of anilines is 2. The van der Waals surface area contributed by atoms with E-state index in [1.807, 2.05) is 31.2 Å². The second-order valence-electron chi connectivity index (χ2n) is 7.00. The summed E-state index contributed by atoms with van der Waals surface area (Å²) in [7, 11) is 1.58. The largest absolute Gasteiger partial charge is 0.495 e. The lowest BCUT2D eigenvalue weighted by atomic mass is 9.94. The molecule has 1 aromatic carbocycles. The molecule has 2 heterocycles. The first-order valence-electron chi connectivity index (χ1n) is 9.40. The third-order valence-corrected chi connectivity index (χ3v) is 5.07. The molecule has 0 spiro atoms. The summed E-state index contributed by atoms with van der Waals surface area (Å²) in [5, 5.41) is 9.45. The number of aromatic nitrogens is 1. The maximum atomic E-state index is 12.6. The topological polar surface area (TPSA) is 96.7 Å². The van der Waals surface area contributed by atoms with Crippen molar-refractivity contribution < 1.29 is 18.8 Å². The van der Waals surface area contributed by atoms with Crippen molar-refractivity contribution in [1.29, 1.82) is 0 Å². The lowest BCUT2D eigenvalue weighted by Crippen LogP contribution is -2.47. The Morgan fingerprint density at radius 2 is 1.96 bits per heavy atom. The SMILES string of the molecule is COc1ccccc1NC(=O)C1CCN(C(C)C(=O)Nc2cc(C)no2)CC1. The number of hydrogen-bond acceptors (Lipinski definition) is 6. The number of para-hydroxylation sites is 2. The molecule has 2 amide bonds. The molecule has 1 aliphatic rings. The number of benzene rings is 1. The first-order chi connectivity index (χ1) is 13.5. The van der Waals surface area contributed by atoms with Crippen LogP contribution >= 0.6 is 0 Å². The van der Waals surface area contributed by atoms with Gasteiger partial charge in [-0.1, -0.05) is 17.3 Å². The number of piperidine rings is 1. The van der Waals surface area contributed by atoms with Gasteiger partial charge in [0.1, 0.15) is 5.75 Å². The highest BCUT2D eigenvalue weighted by molar-refractivity contribution is 5.94. The Morgan fingerprint density at radius 1 is 1.25 bits per heavy atom. The van der Waals surface area contributed by atoms with Crippen molar-refractivity contribution in [3.63, 3.8) is 0 Å². The van der Waals surface area contributed by atoms with Crippen LogP contribution in [0.2, 0.25) is 0 Å². The Labute approximate surface area is 164 Å². The zero-order valence-electron chi connectivity index (χ0n) is 16.4. The van der Waals surface area contributed by atoms with Gasteiger partial charge in [-0.15, -0.1) is 0 Å². The van der Waals surface area contributed by atoms with E-state index in [4.69, 9.17) is 9.26 Å². The predicted molar refractivity (Wildman–Crippen MR) is 105 cm³/mol. The van der Waals surface area contributed by atoms with Crippen LogP contribution in [0.1, 0.15) is 25.5 Å². The maximum absolute atomic E-state index is 12.6. The fraction of sp³-hybridized carbons (Fsp3) is 0.450. The molecule has 8 nitrogen and oxygen atoms in total. The number of aryl methyl sites for hydroxylation is 1. The van der Waals surface area contributed by atoms with E-state index in [0.717, 1.165) is 0 Å². The van der Waals surface area contributed by atoms with Crippen LogP contribution in [0, 0.1) is 12.8 Å². The van der Waals surface area contributed by atoms with Gasteiger partial charge >= 0.3 is 0 Å². The molecule has 1 aliphatic heterocycles. The van der Waals surface area contributed by atoms with Crippen LogP contribution in [0.5, 0.6) is 5.75 Å². The van der Waals surface area contributed by atoms with E-state index in [1.54, 1.807) is 20.1 Å². The van der Waals surface area contributed by atoms with Gasteiger partial charge in [-0.2, -0.15) is 0 Å². The number of hydrogen-bond donors (Lipinski definition) is 2. The molecule has 0 radical (unpaired) electrons. The molecule has 0 bridgehead atoms. The standard InChI is InChI=1S/C20H26N4O4/c1-13-12-18(28-23-13)22-19(25)14(2)24-10-8-15(9-11-24)20(26)21-16-6-4-5-7-17(16)27-3/h4-7,12,14-15H,8-11H2,1-3H3,(H,21,26)(H,22,25). The zero-order chi connectivity index (χ0) is 20.1. The lowest BCUT2D eigenvalue weighted by molar-refractivity contribution is -0.123. The van der Waals surface area contributed by atoms with Gasteiger partial charge in [0.25, 0.3) is 0 Å². The Hall–Kier alpha value is -2.87. The molecule has 28 heavy (non-hydrogen) atoms. The van der Waals surface area contributed by atoms with Gasteiger partial charge in [0.05, 0.1) is 24.5 Å². The lowest BCUT2D eigenvalue weighted by Gasteiger charge is -2.34. The molecule has 1 unspecified atom stereocenters.